The van der Waals surface area contributed by atoms with Crippen molar-refractivity contribution in [1.82, 2.24) is 0 Å². The topological polar surface area (TPSA) is 20.2 Å². The summed E-state index contributed by atoms with van der Waals surface area (Å²) >= 11 is 6.10. The molecule has 2 atom stereocenters. The fourth-order valence-electron chi connectivity index (χ4n) is 2.59. The fourth-order valence-corrected chi connectivity index (χ4v) is 2.81. The Balaban J connectivity index is 2.47. The Kier molecular flexibility index (Phi) is 5.68. The normalized spacial score (nSPS) is 15.4. The minimum Gasteiger partial charge on any atom is -0.393 e. The smallest absolute Gasteiger partial charge is 0.0583 e. The van der Waals surface area contributed by atoms with Gasteiger partial charge in [-0.15, -0.1) is 0 Å². The van der Waals surface area contributed by atoms with Crippen LogP contribution in [0.1, 0.15) is 46.1 Å². The molecule has 0 aliphatic heterocycles. The summed E-state index contributed by atoms with van der Waals surface area (Å²) in [6, 6.07) is 7.75. The fraction of sp³-hybridized carbons (Fsp3) is 0.625. The molecule has 0 bridgehead atoms. The number of aliphatic hydroxyl groups excluding tert-OH is 1. The van der Waals surface area contributed by atoms with E-state index < -0.39 is 0 Å². The van der Waals surface area contributed by atoms with Gasteiger partial charge in [0.2, 0.25) is 0 Å². The van der Waals surface area contributed by atoms with Crippen LogP contribution in [0.4, 0.5) is 0 Å². The van der Waals surface area contributed by atoms with E-state index in [0.29, 0.717) is 17.8 Å². The maximum absolute atomic E-state index is 10.1. The summed E-state index contributed by atoms with van der Waals surface area (Å²) in [5.74, 6) is 0.530. The standard InChI is InChI=1S/C16H25ClO/c1-12(11-16(2,3)4)9-14(18)10-13-7-5-6-8-15(13)17/h5-8,12,14,18H,9-11H2,1-4H3. The molecule has 0 heterocycles. The Morgan fingerprint density at radius 2 is 1.83 bits per heavy atom. The Morgan fingerprint density at radius 3 is 2.39 bits per heavy atom. The second kappa shape index (κ2) is 6.58. The van der Waals surface area contributed by atoms with E-state index >= 15 is 0 Å². The van der Waals surface area contributed by atoms with Crippen molar-refractivity contribution in [3.8, 4) is 0 Å². The van der Waals surface area contributed by atoms with E-state index in [-0.39, 0.29) is 6.10 Å². The van der Waals surface area contributed by atoms with Crippen molar-refractivity contribution in [2.24, 2.45) is 11.3 Å². The van der Waals surface area contributed by atoms with Gasteiger partial charge in [0.15, 0.2) is 0 Å². The summed E-state index contributed by atoms with van der Waals surface area (Å²) in [5, 5.41) is 10.9. The van der Waals surface area contributed by atoms with E-state index in [9.17, 15) is 5.11 Å². The first-order chi connectivity index (χ1) is 8.28. The van der Waals surface area contributed by atoms with Crippen LogP contribution in [0.25, 0.3) is 0 Å². The van der Waals surface area contributed by atoms with E-state index in [2.05, 4.69) is 27.7 Å². The third-order valence-electron chi connectivity index (χ3n) is 3.05. The molecular formula is C16H25ClO. The Hall–Kier alpha value is -0.530. The van der Waals surface area contributed by atoms with E-state index in [1.54, 1.807) is 0 Å². The summed E-state index contributed by atoms with van der Waals surface area (Å²) in [4.78, 5) is 0. The number of aliphatic hydroxyl groups is 1. The summed E-state index contributed by atoms with van der Waals surface area (Å²) in [5.41, 5.74) is 1.36. The van der Waals surface area contributed by atoms with Crippen LogP contribution in [0.15, 0.2) is 24.3 Å². The molecule has 0 aliphatic carbocycles. The maximum Gasteiger partial charge on any atom is 0.0583 e. The van der Waals surface area contributed by atoms with Crippen LogP contribution in [-0.4, -0.2) is 11.2 Å². The Bertz CT molecular complexity index is 368. The molecule has 18 heavy (non-hydrogen) atoms. The molecular weight excluding hydrogens is 244 g/mol. The van der Waals surface area contributed by atoms with Crippen molar-refractivity contribution in [2.75, 3.05) is 0 Å². The summed E-state index contributed by atoms with van der Waals surface area (Å²) < 4.78 is 0. The largest absolute Gasteiger partial charge is 0.393 e. The lowest BCUT2D eigenvalue weighted by atomic mass is 9.83. The number of halogens is 1. The zero-order valence-corrected chi connectivity index (χ0v) is 12.7. The predicted octanol–water partition coefficient (Wildman–Crippen LogP) is 4.71. The highest BCUT2D eigenvalue weighted by atomic mass is 35.5. The molecule has 0 aromatic heterocycles. The number of benzene rings is 1. The molecule has 1 nitrogen and oxygen atoms in total. The van der Waals surface area contributed by atoms with Crippen molar-refractivity contribution >= 4 is 11.6 Å². The molecule has 1 N–H and O–H groups in total. The third-order valence-corrected chi connectivity index (χ3v) is 3.42. The molecule has 0 saturated heterocycles. The zero-order chi connectivity index (χ0) is 13.8. The second-order valence-corrected chi connectivity index (χ2v) is 6.96. The third kappa shape index (κ3) is 5.88. The van der Waals surface area contributed by atoms with Crippen LogP contribution < -0.4 is 0 Å². The molecule has 0 amide bonds. The average Bonchev–Trinajstić information content (AvgIpc) is 2.18. The van der Waals surface area contributed by atoms with E-state index in [4.69, 9.17) is 11.6 Å². The minimum atomic E-state index is -0.303. The van der Waals surface area contributed by atoms with Crippen molar-refractivity contribution in [3.05, 3.63) is 34.9 Å². The molecule has 0 fully saturated rings. The minimum absolute atomic E-state index is 0.303. The average molecular weight is 269 g/mol. The van der Waals surface area contributed by atoms with Gasteiger partial charge in [-0.1, -0.05) is 57.5 Å². The van der Waals surface area contributed by atoms with Crippen LogP contribution >= 0.6 is 11.6 Å². The first kappa shape index (κ1) is 15.5. The molecule has 0 saturated carbocycles. The van der Waals surface area contributed by atoms with Crippen LogP contribution in [0.5, 0.6) is 0 Å². The molecule has 102 valence electrons. The van der Waals surface area contributed by atoms with Crippen molar-refractivity contribution < 1.29 is 5.11 Å². The molecule has 0 spiro atoms. The van der Waals surface area contributed by atoms with Gasteiger partial charge in [-0.3, -0.25) is 0 Å². The van der Waals surface area contributed by atoms with Gasteiger partial charge in [-0.2, -0.15) is 0 Å². The highest BCUT2D eigenvalue weighted by Crippen LogP contribution is 2.27. The first-order valence-corrected chi connectivity index (χ1v) is 7.07. The van der Waals surface area contributed by atoms with Gasteiger partial charge in [-0.05, 0) is 42.2 Å². The number of hydrogen-bond acceptors (Lipinski definition) is 1. The van der Waals surface area contributed by atoms with E-state index in [0.717, 1.165) is 23.4 Å². The SMILES string of the molecule is CC(CC(O)Cc1ccccc1Cl)CC(C)(C)C. The van der Waals surface area contributed by atoms with Crippen LogP contribution in [0.2, 0.25) is 5.02 Å². The van der Waals surface area contributed by atoms with Gasteiger partial charge in [0, 0.05) is 5.02 Å². The van der Waals surface area contributed by atoms with Crippen molar-refractivity contribution in [3.63, 3.8) is 0 Å². The van der Waals surface area contributed by atoms with Gasteiger partial charge >= 0.3 is 0 Å². The molecule has 2 unspecified atom stereocenters. The van der Waals surface area contributed by atoms with E-state index in [1.807, 2.05) is 24.3 Å². The van der Waals surface area contributed by atoms with Crippen LogP contribution in [0.3, 0.4) is 0 Å². The lowest BCUT2D eigenvalue weighted by Gasteiger charge is -2.25. The first-order valence-electron chi connectivity index (χ1n) is 6.69. The Morgan fingerprint density at radius 1 is 1.22 bits per heavy atom. The van der Waals surface area contributed by atoms with Gasteiger partial charge in [0.1, 0.15) is 0 Å². The maximum atomic E-state index is 10.1. The van der Waals surface area contributed by atoms with Crippen molar-refractivity contribution in [1.29, 1.82) is 0 Å². The highest BCUT2D eigenvalue weighted by molar-refractivity contribution is 6.31. The quantitative estimate of drug-likeness (QED) is 0.820. The summed E-state index contributed by atoms with van der Waals surface area (Å²) in [7, 11) is 0. The molecule has 0 aliphatic rings. The highest BCUT2D eigenvalue weighted by Gasteiger charge is 2.18. The monoisotopic (exact) mass is 268 g/mol. The van der Waals surface area contributed by atoms with Gasteiger partial charge in [0.05, 0.1) is 6.10 Å². The van der Waals surface area contributed by atoms with Crippen LogP contribution in [0, 0.1) is 11.3 Å². The molecule has 2 heteroatoms. The molecule has 0 radical (unpaired) electrons. The number of hydrogen-bond donors (Lipinski definition) is 1. The molecule has 1 rings (SSSR count). The van der Waals surface area contributed by atoms with Gasteiger partial charge in [-0.25, -0.2) is 0 Å². The lowest BCUT2D eigenvalue weighted by molar-refractivity contribution is 0.133. The second-order valence-electron chi connectivity index (χ2n) is 6.56. The van der Waals surface area contributed by atoms with Gasteiger partial charge in [0.25, 0.3) is 0 Å². The van der Waals surface area contributed by atoms with Crippen LogP contribution in [-0.2, 0) is 6.42 Å². The molecule has 1 aromatic rings. The van der Waals surface area contributed by atoms with E-state index in [1.165, 1.54) is 0 Å². The number of rotatable bonds is 5. The summed E-state index contributed by atoms with van der Waals surface area (Å²) in [6.45, 7) is 8.93. The van der Waals surface area contributed by atoms with Gasteiger partial charge < -0.3 is 5.11 Å². The zero-order valence-electron chi connectivity index (χ0n) is 11.9. The predicted molar refractivity (Wildman–Crippen MR) is 79.0 cm³/mol. The Labute approximate surface area is 116 Å². The molecule has 1 aromatic carbocycles. The lowest BCUT2D eigenvalue weighted by Crippen LogP contribution is -2.19. The van der Waals surface area contributed by atoms with Crippen molar-refractivity contribution in [2.45, 2.75) is 53.1 Å². The summed E-state index contributed by atoms with van der Waals surface area (Å²) in [6.07, 6.45) is 2.31.